The van der Waals surface area contributed by atoms with Gasteiger partial charge in [-0.2, -0.15) is 0 Å². The fraction of sp³-hybridized carbons (Fsp3) is 0.0500. The van der Waals surface area contributed by atoms with Gasteiger partial charge in [-0.05, 0) is 35.9 Å². The molecular weight excluding hydrogens is 382 g/mol. The van der Waals surface area contributed by atoms with Crippen LogP contribution < -0.4 is 4.90 Å². The molecule has 0 radical (unpaired) electrons. The molecule has 5 nitrogen and oxygen atoms in total. The first kappa shape index (κ1) is 17.6. The van der Waals surface area contributed by atoms with Crippen molar-refractivity contribution in [2.24, 2.45) is 0 Å². The van der Waals surface area contributed by atoms with E-state index >= 15 is 0 Å². The minimum Gasteiger partial charge on any atom is -0.297 e. The molecule has 0 fully saturated rings. The van der Waals surface area contributed by atoms with Gasteiger partial charge < -0.3 is 0 Å². The van der Waals surface area contributed by atoms with Gasteiger partial charge >= 0.3 is 0 Å². The summed E-state index contributed by atoms with van der Waals surface area (Å²) in [5.74, 6) is -0.447. The first-order chi connectivity index (χ1) is 13.1. The molecule has 2 heterocycles. The lowest BCUT2D eigenvalue weighted by Crippen LogP contribution is -2.39. The Morgan fingerprint density at radius 2 is 2.04 bits per heavy atom. The van der Waals surface area contributed by atoms with E-state index in [1.54, 1.807) is 24.4 Å². The summed E-state index contributed by atoms with van der Waals surface area (Å²) in [6.45, 7) is -0.0698. The number of imidazole rings is 1. The summed E-state index contributed by atoms with van der Waals surface area (Å²) in [7, 11) is 0. The van der Waals surface area contributed by atoms with E-state index in [2.05, 4.69) is 4.98 Å². The maximum atomic E-state index is 13.1. The normalized spacial score (nSPS) is 15.1. The molecule has 4 rings (SSSR count). The van der Waals surface area contributed by atoms with E-state index in [0.717, 1.165) is 16.1 Å². The average Bonchev–Trinajstić information content (AvgIpc) is 3.20. The molecule has 1 amide bonds. The molecule has 0 saturated carbocycles. The Kier molecular flexibility index (Phi) is 4.83. The van der Waals surface area contributed by atoms with Crippen LogP contribution in [0.4, 0.5) is 5.69 Å². The molecule has 2 aromatic carbocycles. The molecule has 1 aliphatic heterocycles. The highest BCUT2D eigenvalue weighted by Gasteiger charge is 2.30. The van der Waals surface area contributed by atoms with Crippen molar-refractivity contribution in [1.29, 1.82) is 0 Å². The van der Waals surface area contributed by atoms with E-state index in [-0.39, 0.29) is 18.4 Å². The van der Waals surface area contributed by atoms with Gasteiger partial charge in [-0.1, -0.05) is 47.6 Å². The Bertz CT molecular complexity index is 1050. The summed E-state index contributed by atoms with van der Waals surface area (Å²) in [6.07, 6.45) is 6.33. The number of aromatic nitrogens is 2. The smallest absolute Gasteiger partial charge is 0.265 e. The van der Waals surface area contributed by atoms with Gasteiger partial charge in [0, 0.05) is 22.3 Å². The van der Waals surface area contributed by atoms with E-state index < -0.39 is 0 Å². The van der Waals surface area contributed by atoms with Crippen LogP contribution in [0.25, 0.3) is 6.08 Å². The van der Waals surface area contributed by atoms with Gasteiger partial charge in [0.2, 0.25) is 0 Å². The fourth-order valence-corrected chi connectivity index (χ4v) is 4.05. The number of halogens is 1. The third-order valence-corrected chi connectivity index (χ3v) is 5.38. The Balaban J connectivity index is 1.71. The van der Waals surface area contributed by atoms with Gasteiger partial charge in [0.05, 0.1) is 10.6 Å². The Hall–Kier alpha value is -2.83. The molecule has 0 bridgehead atoms. The van der Waals surface area contributed by atoms with Crippen LogP contribution >= 0.6 is 23.4 Å². The maximum Gasteiger partial charge on any atom is 0.265 e. The van der Waals surface area contributed by atoms with Gasteiger partial charge in [0.1, 0.15) is 12.9 Å². The number of thioether (sulfide) groups is 1. The summed E-state index contributed by atoms with van der Waals surface area (Å²) in [4.78, 5) is 32.5. The van der Waals surface area contributed by atoms with Crippen molar-refractivity contribution >= 4 is 46.9 Å². The molecule has 1 aliphatic rings. The van der Waals surface area contributed by atoms with Gasteiger partial charge in [-0.25, -0.2) is 4.98 Å². The van der Waals surface area contributed by atoms with Crippen LogP contribution in [-0.2, 0) is 4.79 Å². The number of carbonyl (C=O) groups is 2. The maximum absolute atomic E-state index is 13.1. The summed E-state index contributed by atoms with van der Waals surface area (Å²) < 4.78 is 1.37. The number of nitrogens with zero attached hydrogens (tertiary/aromatic N) is 3. The average molecular weight is 396 g/mol. The zero-order chi connectivity index (χ0) is 18.8. The van der Waals surface area contributed by atoms with Crippen LogP contribution in [-0.4, -0.2) is 27.9 Å². The SMILES string of the molecule is O=C1C(=Cc2cccc(Cl)c2)Sc2ccccc2N1CC(=O)n1ccnc1. The van der Waals surface area contributed by atoms with Gasteiger partial charge in [-0.3, -0.25) is 19.1 Å². The Morgan fingerprint density at radius 1 is 1.19 bits per heavy atom. The highest BCUT2D eigenvalue weighted by Crippen LogP contribution is 2.42. The van der Waals surface area contributed by atoms with Crippen LogP contribution in [0, 0.1) is 0 Å². The summed E-state index contributed by atoms with van der Waals surface area (Å²) in [5.41, 5.74) is 1.56. The summed E-state index contributed by atoms with van der Waals surface area (Å²) >= 11 is 7.44. The molecule has 0 atom stereocenters. The predicted molar refractivity (Wildman–Crippen MR) is 107 cm³/mol. The molecule has 0 spiro atoms. The lowest BCUT2D eigenvalue weighted by Gasteiger charge is -2.29. The molecule has 0 aliphatic carbocycles. The highest BCUT2D eigenvalue weighted by atomic mass is 35.5. The van der Waals surface area contributed by atoms with Gasteiger partial charge in [0.25, 0.3) is 11.8 Å². The quantitative estimate of drug-likeness (QED) is 0.618. The molecule has 27 heavy (non-hydrogen) atoms. The van der Waals surface area contributed by atoms with Crippen LogP contribution in [0.1, 0.15) is 10.4 Å². The van der Waals surface area contributed by atoms with Crippen LogP contribution in [0.5, 0.6) is 0 Å². The number of hydrogen-bond donors (Lipinski definition) is 0. The van der Waals surface area contributed by atoms with Crippen molar-refractivity contribution in [2.45, 2.75) is 4.90 Å². The first-order valence-corrected chi connectivity index (χ1v) is 9.38. The van der Waals surface area contributed by atoms with Gasteiger partial charge in [-0.15, -0.1) is 0 Å². The molecule has 0 unspecified atom stereocenters. The molecule has 0 N–H and O–H groups in total. The van der Waals surface area contributed by atoms with Crippen LogP contribution in [0.2, 0.25) is 5.02 Å². The lowest BCUT2D eigenvalue weighted by molar-refractivity contribution is -0.114. The number of rotatable bonds is 3. The van der Waals surface area contributed by atoms with Gasteiger partial charge in [0.15, 0.2) is 0 Å². The third-order valence-electron chi connectivity index (χ3n) is 4.06. The fourth-order valence-electron chi connectivity index (χ4n) is 2.79. The Labute approximate surface area is 165 Å². The van der Waals surface area contributed by atoms with E-state index in [4.69, 9.17) is 11.6 Å². The summed E-state index contributed by atoms with van der Waals surface area (Å²) in [6, 6.07) is 14.8. The summed E-state index contributed by atoms with van der Waals surface area (Å²) in [5, 5.41) is 0.602. The molecule has 3 aromatic rings. The molecular formula is C20H14ClN3O2S. The number of carbonyl (C=O) groups excluding carboxylic acids is 2. The zero-order valence-corrected chi connectivity index (χ0v) is 15.7. The third kappa shape index (κ3) is 3.67. The lowest BCUT2D eigenvalue weighted by atomic mass is 10.2. The van der Waals surface area contributed by atoms with Crippen molar-refractivity contribution in [2.75, 3.05) is 11.4 Å². The van der Waals surface area contributed by atoms with Crippen molar-refractivity contribution in [1.82, 2.24) is 9.55 Å². The zero-order valence-electron chi connectivity index (χ0n) is 14.1. The minimum atomic E-state index is -0.232. The monoisotopic (exact) mass is 395 g/mol. The number of anilines is 1. The molecule has 134 valence electrons. The number of hydrogen-bond acceptors (Lipinski definition) is 4. The van der Waals surface area contributed by atoms with E-state index in [9.17, 15) is 9.59 Å². The molecule has 1 aromatic heterocycles. The number of amides is 1. The van der Waals surface area contributed by atoms with E-state index in [1.807, 2.05) is 36.4 Å². The van der Waals surface area contributed by atoms with Crippen LogP contribution in [0.15, 0.2) is 77.1 Å². The molecule has 0 saturated heterocycles. The minimum absolute atomic E-state index is 0.0698. The standard InChI is InChI=1S/C20H14ClN3O2S/c21-15-5-3-4-14(10-15)11-18-20(26)24(12-19(25)23-9-8-22-13-23)16-6-1-2-7-17(16)27-18/h1-11,13H,12H2. The second kappa shape index (κ2) is 7.42. The van der Waals surface area contributed by atoms with Crippen molar-refractivity contribution < 1.29 is 9.59 Å². The number of fused-ring (bicyclic) bond motifs is 1. The number of para-hydroxylation sites is 1. The first-order valence-electron chi connectivity index (χ1n) is 8.19. The highest BCUT2D eigenvalue weighted by molar-refractivity contribution is 8.04. The Morgan fingerprint density at radius 3 is 2.81 bits per heavy atom. The van der Waals surface area contributed by atoms with Crippen LogP contribution in [0.3, 0.4) is 0 Å². The van der Waals surface area contributed by atoms with Crippen molar-refractivity contribution in [3.63, 3.8) is 0 Å². The second-order valence-corrected chi connectivity index (χ2v) is 7.41. The largest absolute Gasteiger partial charge is 0.297 e. The second-order valence-electron chi connectivity index (χ2n) is 5.89. The topological polar surface area (TPSA) is 55.2 Å². The molecule has 7 heteroatoms. The van der Waals surface area contributed by atoms with Crippen molar-refractivity contribution in [3.8, 4) is 0 Å². The van der Waals surface area contributed by atoms with Crippen molar-refractivity contribution in [3.05, 3.63) is 82.7 Å². The number of benzene rings is 2. The van der Waals surface area contributed by atoms with E-state index in [1.165, 1.54) is 33.8 Å². The predicted octanol–water partition coefficient (Wildman–Crippen LogP) is 4.36. The van der Waals surface area contributed by atoms with E-state index in [0.29, 0.717) is 9.93 Å².